The molecule has 0 aromatic carbocycles. The quantitative estimate of drug-likeness (QED) is 0.800. The number of rotatable bonds is 7. The number of fused-ring (bicyclic) bond motifs is 1. The smallest absolute Gasteiger partial charge is 0.222 e. The number of hydrogen-bond acceptors (Lipinski definition) is 3. The van der Waals surface area contributed by atoms with Gasteiger partial charge in [-0.05, 0) is 25.5 Å². The molecule has 2 aromatic heterocycles. The molecule has 1 unspecified atom stereocenters. The predicted molar refractivity (Wildman–Crippen MR) is 84.5 cm³/mol. The fourth-order valence-corrected chi connectivity index (χ4v) is 2.35. The number of amides is 1. The Balaban J connectivity index is 2.13. The van der Waals surface area contributed by atoms with Crippen LogP contribution in [0.25, 0.3) is 11.2 Å². The average Bonchev–Trinajstić information content (AvgIpc) is 2.83. The molecule has 2 aromatic rings. The monoisotopic (exact) mass is 308 g/mol. The second-order valence-electron chi connectivity index (χ2n) is 5.09. The van der Waals surface area contributed by atoms with E-state index >= 15 is 0 Å². The Labute approximate surface area is 129 Å². The molecule has 21 heavy (non-hydrogen) atoms. The van der Waals surface area contributed by atoms with E-state index in [1.807, 2.05) is 23.6 Å². The van der Waals surface area contributed by atoms with Crippen molar-refractivity contribution in [1.29, 1.82) is 0 Å². The van der Waals surface area contributed by atoms with E-state index in [1.165, 1.54) is 0 Å². The Morgan fingerprint density at radius 2 is 2.33 bits per heavy atom. The van der Waals surface area contributed by atoms with Gasteiger partial charge in [0, 0.05) is 37.5 Å². The summed E-state index contributed by atoms with van der Waals surface area (Å²) >= 11 is 5.83. The van der Waals surface area contributed by atoms with Crippen LogP contribution in [-0.2, 0) is 17.8 Å². The zero-order chi connectivity index (χ0) is 15.2. The number of nitrogens with zero attached hydrogens (tertiary/aromatic N) is 3. The Bertz CT molecular complexity index is 611. The molecule has 0 aliphatic rings. The first-order chi connectivity index (χ1) is 10.2. The molecule has 0 bridgehead atoms. The maximum Gasteiger partial charge on any atom is 0.222 e. The van der Waals surface area contributed by atoms with Gasteiger partial charge in [0.1, 0.15) is 11.3 Å². The van der Waals surface area contributed by atoms with Gasteiger partial charge in [0.15, 0.2) is 5.65 Å². The summed E-state index contributed by atoms with van der Waals surface area (Å²) in [6, 6.07) is 3.99. The number of pyridine rings is 1. The highest BCUT2D eigenvalue weighted by molar-refractivity contribution is 6.17. The SMILES string of the molecule is CCC(C)NC(=O)CCn1c(CCCl)nc2cccnc21. The van der Waals surface area contributed by atoms with Gasteiger partial charge in [-0.15, -0.1) is 11.6 Å². The lowest BCUT2D eigenvalue weighted by Crippen LogP contribution is -2.32. The molecular formula is C15H21ClN4O. The fraction of sp³-hybridized carbons (Fsp3) is 0.533. The third-order valence-corrected chi connectivity index (χ3v) is 3.67. The third kappa shape index (κ3) is 3.94. The standard InChI is InChI=1S/C15H21ClN4O/c1-3-11(2)18-14(21)7-10-20-13(6-8-16)19-12-5-4-9-17-15(12)20/h4-5,9,11H,3,6-8,10H2,1-2H3,(H,18,21). The van der Waals surface area contributed by atoms with E-state index in [9.17, 15) is 4.79 Å². The number of alkyl halides is 1. The highest BCUT2D eigenvalue weighted by Crippen LogP contribution is 2.15. The molecule has 0 aliphatic heterocycles. The van der Waals surface area contributed by atoms with E-state index in [-0.39, 0.29) is 11.9 Å². The van der Waals surface area contributed by atoms with Gasteiger partial charge >= 0.3 is 0 Å². The summed E-state index contributed by atoms with van der Waals surface area (Å²) in [7, 11) is 0. The molecule has 0 saturated carbocycles. The largest absolute Gasteiger partial charge is 0.354 e. The molecule has 1 amide bonds. The molecule has 114 valence electrons. The van der Waals surface area contributed by atoms with Crippen LogP contribution in [0.4, 0.5) is 0 Å². The van der Waals surface area contributed by atoms with E-state index in [0.29, 0.717) is 25.3 Å². The number of aromatic nitrogens is 3. The van der Waals surface area contributed by atoms with Crippen LogP contribution in [0.3, 0.4) is 0 Å². The van der Waals surface area contributed by atoms with E-state index < -0.39 is 0 Å². The fourth-order valence-electron chi connectivity index (χ4n) is 2.18. The second-order valence-corrected chi connectivity index (χ2v) is 5.47. The molecule has 6 heteroatoms. The zero-order valence-corrected chi connectivity index (χ0v) is 13.2. The number of nitrogens with one attached hydrogen (secondary N) is 1. The van der Waals surface area contributed by atoms with Gasteiger partial charge < -0.3 is 9.88 Å². The number of carbonyl (C=O) groups excluding carboxylic acids is 1. The molecule has 5 nitrogen and oxygen atoms in total. The van der Waals surface area contributed by atoms with Gasteiger partial charge in [0.05, 0.1) is 0 Å². The maximum atomic E-state index is 11.9. The lowest BCUT2D eigenvalue weighted by atomic mass is 10.2. The summed E-state index contributed by atoms with van der Waals surface area (Å²) in [6.07, 6.45) is 3.76. The van der Waals surface area contributed by atoms with Crippen LogP contribution in [0, 0.1) is 0 Å². The van der Waals surface area contributed by atoms with Gasteiger partial charge in [0.25, 0.3) is 0 Å². The molecule has 2 heterocycles. The van der Waals surface area contributed by atoms with Crippen molar-refractivity contribution in [3.63, 3.8) is 0 Å². The topological polar surface area (TPSA) is 59.8 Å². The van der Waals surface area contributed by atoms with Crippen LogP contribution in [0.2, 0.25) is 0 Å². The van der Waals surface area contributed by atoms with E-state index in [2.05, 4.69) is 22.2 Å². The summed E-state index contributed by atoms with van der Waals surface area (Å²) in [6.45, 7) is 4.63. The van der Waals surface area contributed by atoms with E-state index in [4.69, 9.17) is 11.6 Å². The Kier molecular flexibility index (Phi) is 5.56. The second kappa shape index (κ2) is 7.41. The average molecular weight is 309 g/mol. The number of aryl methyl sites for hydroxylation is 2. The van der Waals surface area contributed by atoms with Crippen molar-refractivity contribution in [1.82, 2.24) is 19.9 Å². The van der Waals surface area contributed by atoms with E-state index in [1.54, 1.807) is 6.20 Å². The van der Waals surface area contributed by atoms with Crippen LogP contribution < -0.4 is 5.32 Å². The van der Waals surface area contributed by atoms with Gasteiger partial charge in [-0.3, -0.25) is 4.79 Å². The normalized spacial score (nSPS) is 12.5. The van der Waals surface area contributed by atoms with Crippen molar-refractivity contribution in [2.75, 3.05) is 5.88 Å². The molecule has 2 rings (SSSR count). The number of carbonyl (C=O) groups is 1. The molecule has 0 aliphatic carbocycles. The lowest BCUT2D eigenvalue weighted by molar-refractivity contribution is -0.121. The van der Waals surface area contributed by atoms with Crippen LogP contribution in [0.5, 0.6) is 0 Å². The summed E-state index contributed by atoms with van der Waals surface area (Å²) < 4.78 is 1.99. The summed E-state index contributed by atoms with van der Waals surface area (Å²) in [5.41, 5.74) is 1.66. The number of hydrogen-bond donors (Lipinski definition) is 1. The number of halogens is 1. The van der Waals surface area contributed by atoms with Crippen LogP contribution in [-0.4, -0.2) is 32.4 Å². The zero-order valence-electron chi connectivity index (χ0n) is 12.5. The highest BCUT2D eigenvalue weighted by Gasteiger charge is 2.13. The molecule has 0 radical (unpaired) electrons. The third-order valence-electron chi connectivity index (χ3n) is 3.48. The van der Waals surface area contributed by atoms with Crippen molar-refractivity contribution < 1.29 is 4.79 Å². The predicted octanol–water partition coefficient (Wildman–Crippen LogP) is 2.52. The van der Waals surface area contributed by atoms with Crippen LogP contribution in [0.15, 0.2) is 18.3 Å². The van der Waals surface area contributed by atoms with Gasteiger partial charge in [-0.1, -0.05) is 6.92 Å². The minimum absolute atomic E-state index is 0.0546. The summed E-state index contributed by atoms with van der Waals surface area (Å²) in [5, 5.41) is 2.97. The molecule has 0 saturated heterocycles. The Hall–Kier alpha value is -1.62. The molecule has 1 N–H and O–H groups in total. The highest BCUT2D eigenvalue weighted by atomic mass is 35.5. The first kappa shape index (κ1) is 15.8. The molecular weight excluding hydrogens is 288 g/mol. The lowest BCUT2D eigenvalue weighted by Gasteiger charge is -2.12. The van der Waals surface area contributed by atoms with Crippen molar-refractivity contribution in [3.8, 4) is 0 Å². The van der Waals surface area contributed by atoms with Crippen molar-refractivity contribution >= 4 is 28.7 Å². The van der Waals surface area contributed by atoms with Crippen LogP contribution in [0.1, 0.15) is 32.5 Å². The minimum atomic E-state index is 0.0546. The molecule has 1 atom stereocenters. The Morgan fingerprint density at radius 3 is 3.05 bits per heavy atom. The van der Waals surface area contributed by atoms with Gasteiger partial charge in [0.2, 0.25) is 5.91 Å². The Morgan fingerprint density at radius 1 is 1.52 bits per heavy atom. The summed E-state index contributed by atoms with van der Waals surface area (Å²) in [5.74, 6) is 1.44. The van der Waals surface area contributed by atoms with Crippen molar-refractivity contribution in [2.45, 2.75) is 45.7 Å². The first-order valence-electron chi connectivity index (χ1n) is 7.31. The first-order valence-corrected chi connectivity index (χ1v) is 7.84. The molecule has 0 spiro atoms. The molecule has 0 fully saturated rings. The van der Waals surface area contributed by atoms with Crippen molar-refractivity contribution in [3.05, 3.63) is 24.2 Å². The van der Waals surface area contributed by atoms with E-state index in [0.717, 1.165) is 23.4 Å². The maximum absolute atomic E-state index is 11.9. The minimum Gasteiger partial charge on any atom is -0.354 e. The summed E-state index contributed by atoms with van der Waals surface area (Å²) in [4.78, 5) is 20.8. The van der Waals surface area contributed by atoms with Crippen molar-refractivity contribution in [2.24, 2.45) is 0 Å². The van der Waals surface area contributed by atoms with Gasteiger partial charge in [-0.25, -0.2) is 9.97 Å². The van der Waals surface area contributed by atoms with Crippen LogP contribution >= 0.6 is 11.6 Å². The number of imidazole rings is 1. The van der Waals surface area contributed by atoms with Gasteiger partial charge in [-0.2, -0.15) is 0 Å².